The molecule has 0 saturated carbocycles. The van der Waals surface area contributed by atoms with Crippen LogP contribution in [-0.4, -0.2) is 45.1 Å². The minimum absolute atomic E-state index is 0. The zero-order valence-electron chi connectivity index (χ0n) is 16.1. The molecule has 1 saturated heterocycles. The van der Waals surface area contributed by atoms with Gasteiger partial charge in [0, 0.05) is 36.3 Å². The Bertz CT molecular complexity index is 818. The van der Waals surface area contributed by atoms with E-state index in [1.807, 2.05) is 12.1 Å². The number of nitrogens with one attached hydrogen (secondary N) is 3. The summed E-state index contributed by atoms with van der Waals surface area (Å²) in [6.45, 7) is 1.66. The summed E-state index contributed by atoms with van der Waals surface area (Å²) in [6.07, 6.45) is 2.26. The molecule has 0 unspecified atom stereocenters. The lowest BCUT2D eigenvalue weighted by molar-refractivity contribution is 0.0946. The third kappa shape index (κ3) is 5.03. The van der Waals surface area contributed by atoms with Crippen LogP contribution in [0.25, 0.3) is 11.1 Å². The van der Waals surface area contributed by atoms with E-state index in [-0.39, 0.29) is 24.2 Å². The number of halogens is 1. The smallest absolute Gasteiger partial charge is 0.251 e. The second-order valence-electron chi connectivity index (χ2n) is 6.57. The zero-order valence-corrected chi connectivity index (χ0v) is 16.9. The standard InChI is InChI=1S/C21H25N3O3.ClH/c1-22-20(25)16-9-10-19(27-2)18(12-16)14-5-7-15(8-6-14)21(26)24-13-17-4-3-11-23-17;/h5-10,12,17,23H,3-4,11,13H2,1-2H3,(H,22,25)(H,24,26);1H/t17-;/m0./s1. The number of ether oxygens (including phenoxy) is 1. The number of rotatable bonds is 6. The number of hydrogen-bond donors (Lipinski definition) is 3. The minimum Gasteiger partial charge on any atom is -0.496 e. The first kappa shape index (κ1) is 21.7. The first-order valence-electron chi connectivity index (χ1n) is 9.14. The first-order valence-corrected chi connectivity index (χ1v) is 9.14. The first-order chi connectivity index (χ1) is 13.1. The molecule has 0 radical (unpaired) electrons. The van der Waals surface area contributed by atoms with Gasteiger partial charge in [-0.3, -0.25) is 9.59 Å². The van der Waals surface area contributed by atoms with E-state index < -0.39 is 0 Å². The highest BCUT2D eigenvalue weighted by atomic mass is 35.5. The normalized spacial score (nSPS) is 15.4. The molecule has 2 amide bonds. The molecule has 0 aliphatic carbocycles. The third-order valence-corrected chi connectivity index (χ3v) is 4.82. The highest BCUT2D eigenvalue weighted by molar-refractivity contribution is 5.97. The summed E-state index contributed by atoms with van der Waals surface area (Å²) < 4.78 is 5.42. The van der Waals surface area contributed by atoms with Crippen LogP contribution in [0.3, 0.4) is 0 Å². The highest BCUT2D eigenvalue weighted by Crippen LogP contribution is 2.31. The summed E-state index contributed by atoms with van der Waals surface area (Å²) in [6, 6.07) is 13.0. The lowest BCUT2D eigenvalue weighted by Crippen LogP contribution is -2.37. The molecule has 0 aromatic heterocycles. The molecule has 28 heavy (non-hydrogen) atoms. The Morgan fingerprint density at radius 3 is 2.43 bits per heavy atom. The van der Waals surface area contributed by atoms with Crippen molar-refractivity contribution in [3.8, 4) is 16.9 Å². The van der Waals surface area contributed by atoms with Crippen LogP contribution in [0.4, 0.5) is 0 Å². The molecule has 0 spiro atoms. The molecule has 3 rings (SSSR count). The third-order valence-electron chi connectivity index (χ3n) is 4.82. The van der Waals surface area contributed by atoms with Crippen molar-refractivity contribution in [1.82, 2.24) is 16.0 Å². The van der Waals surface area contributed by atoms with Crippen LogP contribution in [0.2, 0.25) is 0 Å². The van der Waals surface area contributed by atoms with Crippen LogP contribution >= 0.6 is 12.4 Å². The molecule has 6 nitrogen and oxygen atoms in total. The Labute approximate surface area is 171 Å². The zero-order chi connectivity index (χ0) is 19.2. The van der Waals surface area contributed by atoms with Crippen molar-refractivity contribution in [2.24, 2.45) is 0 Å². The maximum absolute atomic E-state index is 12.3. The number of amides is 2. The molecule has 2 aromatic rings. The van der Waals surface area contributed by atoms with Gasteiger partial charge in [-0.1, -0.05) is 12.1 Å². The van der Waals surface area contributed by atoms with Gasteiger partial charge in [0.05, 0.1) is 7.11 Å². The van der Waals surface area contributed by atoms with Crippen molar-refractivity contribution in [2.75, 3.05) is 27.2 Å². The number of carbonyl (C=O) groups excluding carboxylic acids is 2. The SMILES string of the molecule is CNC(=O)c1ccc(OC)c(-c2ccc(C(=O)NC[C@@H]3CCCN3)cc2)c1.Cl. The number of carbonyl (C=O) groups is 2. The summed E-state index contributed by atoms with van der Waals surface area (Å²) in [7, 11) is 3.19. The van der Waals surface area contributed by atoms with Gasteiger partial charge in [0.1, 0.15) is 5.75 Å². The second kappa shape index (κ2) is 10.1. The summed E-state index contributed by atoms with van der Waals surface area (Å²) in [5, 5.41) is 8.96. The van der Waals surface area contributed by atoms with E-state index in [0.29, 0.717) is 29.5 Å². The molecular formula is C21H26ClN3O3. The van der Waals surface area contributed by atoms with Crippen molar-refractivity contribution in [1.29, 1.82) is 0 Å². The Morgan fingerprint density at radius 1 is 1.11 bits per heavy atom. The summed E-state index contributed by atoms with van der Waals surface area (Å²) in [4.78, 5) is 24.2. The Balaban J connectivity index is 0.00000280. The van der Waals surface area contributed by atoms with Gasteiger partial charge in [0.15, 0.2) is 0 Å². The number of hydrogen-bond acceptors (Lipinski definition) is 4. The van der Waals surface area contributed by atoms with E-state index in [9.17, 15) is 9.59 Å². The topological polar surface area (TPSA) is 79.5 Å². The highest BCUT2D eigenvalue weighted by Gasteiger charge is 2.16. The monoisotopic (exact) mass is 403 g/mol. The van der Waals surface area contributed by atoms with Crippen LogP contribution in [0.15, 0.2) is 42.5 Å². The predicted octanol–water partition coefficient (Wildman–Crippen LogP) is 2.63. The van der Waals surface area contributed by atoms with Crippen LogP contribution < -0.4 is 20.7 Å². The van der Waals surface area contributed by atoms with Gasteiger partial charge in [-0.15, -0.1) is 12.4 Å². The Kier molecular flexibility index (Phi) is 7.84. The van der Waals surface area contributed by atoms with Crippen LogP contribution in [0.5, 0.6) is 5.75 Å². The van der Waals surface area contributed by atoms with Gasteiger partial charge >= 0.3 is 0 Å². The lowest BCUT2D eigenvalue weighted by Gasteiger charge is -2.13. The fourth-order valence-corrected chi connectivity index (χ4v) is 3.27. The molecule has 1 heterocycles. The average Bonchev–Trinajstić information content (AvgIpc) is 3.24. The van der Waals surface area contributed by atoms with Gasteiger partial charge in [0.2, 0.25) is 0 Å². The summed E-state index contributed by atoms with van der Waals surface area (Å²) in [5.41, 5.74) is 2.85. The maximum Gasteiger partial charge on any atom is 0.251 e. The van der Waals surface area contributed by atoms with Gasteiger partial charge in [-0.25, -0.2) is 0 Å². The Morgan fingerprint density at radius 2 is 1.82 bits per heavy atom. The average molecular weight is 404 g/mol. The van der Waals surface area contributed by atoms with E-state index in [1.165, 1.54) is 0 Å². The molecule has 2 aromatic carbocycles. The minimum atomic E-state index is -0.157. The quantitative estimate of drug-likeness (QED) is 0.692. The van der Waals surface area contributed by atoms with Gasteiger partial charge < -0.3 is 20.7 Å². The van der Waals surface area contributed by atoms with Crippen LogP contribution in [0.1, 0.15) is 33.6 Å². The van der Waals surface area contributed by atoms with E-state index in [4.69, 9.17) is 4.74 Å². The predicted molar refractivity (Wildman–Crippen MR) is 112 cm³/mol. The van der Waals surface area contributed by atoms with E-state index in [1.54, 1.807) is 44.5 Å². The van der Waals surface area contributed by atoms with Crippen molar-refractivity contribution < 1.29 is 14.3 Å². The largest absolute Gasteiger partial charge is 0.496 e. The molecule has 7 heteroatoms. The number of methoxy groups -OCH3 is 1. The molecule has 3 N–H and O–H groups in total. The fraction of sp³-hybridized carbons (Fsp3) is 0.333. The summed E-state index contributed by atoms with van der Waals surface area (Å²) >= 11 is 0. The maximum atomic E-state index is 12.3. The molecule has 1 aliphatic heterocycles. The lowest BCUT2D eigenvalue weighted by atomic mass is 10.00. The molecule has 1 atom stereocenters. The van der Waals surface area contributed by atoms with Crippen LogP contribution in [0, 0.1) is 0 Å². The van der Waals surface area contributed by atoms with Crippen LogP contribution in [-0.2, 0) is 0 Å². The fourth-order valence-electron chi connectivity index (χ4n) is 3.27. The van der Waals surface area contributed by atoms with Crippen molar-refractivity contribution >= 4 is 24.2 Å². The van der Waals surface area contributed by atoms with Gasteiger partial charge in [0.25, 0.3) is 11.8 Å². The molecule has 1 aliphatic rings. The second-order valence-corrected chi connectivity index (χ2v) is 6.57. The van der Waals surface area contributed by atoms with E-state index in [0.717, 1.165) is 30.5 Å². The molecule has 1 fully saturated rings. The van der Waals surface area contributed by atoms with Gasteiger partial charge in [-0.05, 0) is 55.3 Å². The van der Waals surface area contributed by atoms with Crippen molar-refractivity contribution in [2.45, 2.75) is 18.9 Å². The van der Waals surface area contributed by atoms with Crippen molar-refractivity contribution in [3.05, 3.63) is 53.6 Å². The van der Waals surface area contributed by atoms with E-state index in [2.05, 4.69) is 16.0 Å². The van der Waals surface area contributed by atoms with E-state index >= 15 is 0 Å². The molecule has 150 valence electrons. The summed E-state index contributed by atoms with van der Waals surface area (Å²) in [5.74, 6) is 0.434. The number of benzene rings is 2. The van der Waals surface area contributed by atoms with Crippen molar-refractivity contribution in [3.63, 3.8) is 0 Å². The molecular weight excluding hydrogens is 378 g/mol. The Hall–Kier alpha value is -2.57. The van der Waals surface area contributed by atoms with Gasteiger partial charge in [-0.2, -0.15) is 0 Å². The molecule has 0 bridgehead atoms.